The highest BCUT2D eigenvalue weighted by molar-refractivity contribution is 7.13. The summed E-state index contributed by atoms with van der Waals surface area (Å²) in [4.78, 5) is 30.7. The number of amides is 1. The fourth-order valence-electron chi connectivity index (χ4n) is 1.08. The molecule has 0 aromatic carbocycles. The highest BCUT2D eigenvalue weighted by Gasteiger charge is 2.25. The Bertz CT molecular complexity index is 459. The number of aromatic nitrogens is 1. The third-order valence-corrected chi connectivity index (χ3v) is 2.57. The van der Waals surface area contributed by atoms with Crippen LogP contribution in [0.2, 0.25) is 0 Å². The van der Waals surface area contributed by atoms with E-state index in [2.05, 4.69) is 14.9 Å². The molecule has 0 aliphatic carbocycles. The largest absolute Gasteiger partial charge is 0.468 e. The molecular weight excluding hydrogens is 260 g/mol. The molecule has 0 radical (unpaired) electrons. The Hall–Kier alpha value is -2.16. The molecule has 98 valence electrons. The average molecular weight is 272 g/mol. The molecule has 0 aliphatic heterocycles. The third kappa shape index (κ3) is 4.01. The number of rotatable bonds is 6. The Morgan fingerprint density at radius 3 is 2.89 bits per heavy atom. The highest BCUT2D eigenvalue weighted by Crippen LogP contribution is 2.21. The minimum atomic E-state index is -0.756. The van der Waals surface area contributed by atoms with Crippen LogP contribution in [-0.4, -0.2) is 36.8 Å². The van der Waals surface area contributed by atoms with E-state index in [0.29, 0.717) is 10.8 Å². The van der Waals surface area contributed by atoms with Crippen molar-refractivity contribution in [3.8, 4) is 0 Å². The monoisotopic (exact) mass is 272 g/mol. The lowest BCUT2D eigenvalue weighted by molar-refractivity contribution is -0.144. The van der Waals surface area contributed by atoms with Crippen LogP contribution in [0.5, 0.6) is 0 Å². The smallest absolute Gasteiger partial charge is 0.318 e. The van der Waals surface area contributed by atoms with Crippen LogP contribution in [0.1, 0.15) is 11.6 Å². The van der Waals surface area contributed by atoms with Gasteiger partial charge in [-0.3, -0.25) is 9.59 Å². The number of primary amides is 1. The second-order valence-corrected chi connectivity index (χ2v) is 4.01. The van der Waals surface area contributed by atoms with Crippen molar-refractivity contribution in [2.45, 2.75) is 5.92 Å². The maximum atomic E-state index is 11.5. The second kappa shape index (κ2) is 6.55. The molecule has 0 saturated heterocycles. The van der Waals surface area contributed by atoms with Crippen LogP contribution in [0.4, 0.5) is 5.13 Å². The molecule has 1 unspecified atom stereocenters. The first-order valence-corrected chi connectivity index (χ1v) is 5.66. The number of hydrogen-bond donors (Lipinski definition) is 2. The van der Waals surface area contributed by atoms with E-state index >= 15 is 0 Å². The number of thiazole rings is 1. The van der Waals surface area contributed by atoms with Crippen LogP contribution in [-0.2, 0) is 19.2 Å². The number of ether oxygens (including phenoxy) is 1. The van der Waals surface area contributed by atoms with E-state index in [4.69, 9.17) is 16.3 Å². The molecule has 1 aromatic rings. The van der Waals surface area contributed by atoms with Gasteiger partial charge in [-0.15, -0.1) is 11.3 Å². The molecule has 1 heterocycles. The number of nitrogens with zero attached hydrogens (tertiary/aromatic N) is 2. The summed E-state index contributed by atoms with van der Waals surface area (Å²) in [7, 11) is 1.25. The fraction of sp³-hybridized carbons (Fsp3) is 0.333. The van der Waals surface area contributed by atoms with Crippen molar-refractivity contribution >= 4 is 34.6 Å². The topological polar surface area (TPSA) is 130 Å². The summed E-state index contributed by atoms with van der Waals surface area (Å²) in [6.07, 6.45) is 0.795. The van der Waals surface area contributed by atoms with Crippen molar-refractivity contribution < 1.29 is 19.2 Å². The molecule has 8 nitrogen and oxygen atoms in total. The lowest BCUT2D eigenvalue weighted by Gasteiger charge is -2.10. The van der Waals surface area contributed by atoms with Gasteiger partial charge in [-0.2, -0.15) is 0 Å². The molecule has 1 atom stereocenters. The number of oxime groups is 1. The molecule has 1 rings (SSSR count). The number of carbonyl (C=O) groups excluding carboxylic acids is 2. The van der Waals surface area contributed by atoms with Gasteiger partial charge in [0.1, 0.15) is 18.7 Å². The van der Waals surface area contributed by atoms with Gasteiger partial charge in [-0.1, -0.05) is 5.16 Å². The first-order valence-electron chi connectivity index (χ1n) is 4.78. The Kier molecular flexibility index (Phi) is 5.06. The van der Waals surface area contributed by atoms with Crippen LogP contribution in [0.15, 0.2) is 10.5 Å². The SMILES string of the molecule is COC(=O)C(CO/N=C/C(N)=O)c1csc(N)n1. The first-order chi connectivity index (χ1) is 8.54. The van der Waals surface area contributed by atoms with Gasteiger partial charge >= 0.3 is 5.97 Å². The van der Waals surface area contributed by atoms with E-state index in [1.54, 1.807) is 5.38 Å². The van der Waals surface area contributed by atoms with Crippen molar-refractivity contribution in [3.63, 3.8) is 0 Å². The number of esters is 1. The van der Waals surface area contributed by atoms with Crippen LogP contribution in [0.25, 0.3) is 0 Å². The van der Waals surface area contributed by atoms with Crippen molar-refractivity contribution in [1.82, 2.24) is 4.98 Å². The average Bonchev–Trinajstić information content (AvgIpc) is 2.74. The fourth-order valence-corrected chi connectivity index (χ4v) is 1.70. The van der Waals surface area contributed by atoms with Crippen LogP contribution in [0.3, 0.4) is 0 Å². The van der Waals surface area contributed by atoms with Crippen molar-refractivity contribution in [2.75, 3.05) is 19.5 Å². The van der Waals surface area contributed by atoms with Gasteiger partial charge in [0.25, 0.3) is 5.91 Å². The Morgan fingerprint density at radius 1 is 1.67 bits per heavy atom. The summed E-state index contributed by atoms with van der Waals surface area (Å²) in [6, 6.07) is 0. The number of nitrogen functional groups attached to an aromatic ring is 1. The van der Waals surface area contributed by atoms with Crippen molar-refractivity contribution in [1.29, 1.82) is 0 Å². The van der Waals surface area contributed by atoms with Crippen LogP contribution >= 0.6 is 11.3 Å². The first kappa shape index (κ1) is 13.9. The molecular formula is C9H12N4O4S. The predicted octanol–water partition coefficient (Wildman–Crippen LogP) is -0.530. The summed E-state index contributed by atoms with van der Waals surface area (Å²) < 4.78 is 4.62. The van der Waals surface area contributed by atoms with E-state index in [0.717, 1.165) is 6.21 Å². The van der Waals surface area contributed by atoms with E-state index in [1.165, 1.54) is 18.4 Å². The number of carbonyl (C=O) groups is 2. The predicted molar refractivity (Wildman–Crippen MR) is 64.9 cm³/mol. The van der Waals surface area contributed by atoms with Gasteiger partial charge in [-0.25, -0.2) is 4.98 Å². The molecule has 1 amide bonds. The molecule has 4 N–H and O–H groups in total. The Balaban J connectivity index is 2.68. The van der Waals surface area contributed by atoms with Gasteiger partial charge in [0.05, 0.1) is 12.8 Å². The normalized spacial score (nSPS) is 12.3. The Morgan fingerprint density at radius 2 is 2.39 bits per heavy atom. The molecule has 0 bridgehead atoms. The standard InChI is InChI=1S/C9H12N4O4S/c1-16-8(15)5(3-17-12-2-7(10)14)6-4-18-9(11)13-6/h2,4-5H,3H2,1H3,(H2,10,14)(H2,11,13)/b12-2+. The van der Waals surface area contributed by atoms with Crippen LogP contribution < -0.4 is 11.5 Å². The van der Waals surface area contributed by atoms with E-state index in [9.17, 15) is 9.59 Å². The minimum absolute atomic E-state index is 0.125. The summed E-state index contributed by atoms with van der Waals surface area (Å²) in [5.41, 5.74) is 10.7. The van der Waals surface area contributed by atoms with Gasteiger partial charge in [-0.05, 0) is 0 Å². The summed E-state index contributed by atoms with van der Waals surface area (Å²) >= 11 is 1.20. The number of nitrogens with two attached hydrogens (primary N) is 2. The summed E-state index contributed by atoms with van der Waals surface area (Å²) in [5, 5.41) is 5.25. The molecule has 1 aromatic heterocycles. The van der Waals surface area contributed by atoms with Crippen molar-refractivity contribution in [2.24, 2.45) is 10.9 Å². The van der Waals surface area contributed by atoms with Gasteiger partial charge in [0.15, 0.2) is 5.13 Å². The van der Waals surface area contributed by atoms with Gasteiger partial charge < -0.3 is 21.0 Å². The second-order valence-electron chi connectivity index (χ2n) is 3.12. The molecule has 0 spiro atoms. The highest BCUT2D eigenvalue weighted by atomic mass is 32.1. The maximum absolute atomic E-state index is 11.5. The van der Waals surface area contributed by atoms with Gasteiger partial charge in [0, 0.05) is 5.38 Å². The summed E-state index contributed by atoms with van der Waals surface area (Å²) in [5.74, 6) is -2.04. The zero-order chi connectivity index (χ0) is 13.5. The molecule has 0 saturated carbocycles. The van der Waals surface area contributed by atoms with E-state index in [-0.39, 0.29) is 6.61 Å². The molecule has 18 heavy (non-hydrogen) atoms. The third-order valence-electron chi connectivity index (χ3n) is 1.88. The molecule has 0 aliphatic rings. The number of anilines is 1. The lowest BCUT2D eigenvalue weighted by atomic mass is 10.1. The maximum Gasteiger partial charge on any atom is 0.318 e. The lowest BCUT2D eigenvalue weighted by Crippen LogP contribution is -2.20. The minimum Gasteiger partial charge on any atom is -0.468 e. The Labute approximate surface area is 107 Å². The zero-order valence-electron chi connectivity index (χ0n) is 9.53. The van der Waals surface area contributed by atoms with Crippen molar-refractivity contribution in [3.05, 3.63) is 11.1 Å². The number of methoxy groups -OCH3 is 1. The van der Waals surface area contributed by atoms with E-state index < -0.39 is 17.8 Å². The quantitative estimate of drug-likeness (QED) is 0.406. The molecule has 9 heteroatoms. The van der Waals surface area contributed by atoms with Gasteiger partial charge in [0.2, 0.25) is 0 Å². The van der Waals surface area contributed by atoms with E-state index in [1.807, 2.05) is 0 Å². The number of hydrogen-bond acceptors (Lipinski definition) is 8. The molecule has 0 fully saturated rings. The zero-order valence-corrected chi connectivity index (χ0v) is 10.3. The summed E-state index contributed by atoms with van der Waals surface area (Å²) in [6.45, 7) is -0.125. The van der Waals surface area contributed by atoms with Crippen LogP contribution in [0, 0.1) is 0 Å².